The zero-order valence-electron chi connectivity index (χ0n) is 13.5. The average molecular weight is 387 g/mol. The molecule has 8 heteroatoms. The lowest BCUT2D eigenvalue weighted by molar-refractivity contribution is 0.102. The monoisotopic (exact) mass is 386 g/mol. The maximum Gasteiger partial charge on any atom is 0.258 e. The van der Waals surface area contributed by atoms with Crippen molar-refractivity contribution in [2.75, 3.05) is 5.32 Å². The normalized spacial score (nSPS) is 11.0. The molecular weight excluding hydrogens is 375 g/mol. The second-order valence-electron chi connectivity index (χ2n) is 5.60. The topological polar surface area (TPSA) is 59.8 Å². The summed E-state index contributed by atoms with van der Waals surface area (Å²) in [5.41, 5.74) is 1.33. The van der Waals surface area contributed by atoms with Crippen LogP contribution in [-0.4, -0.2) is 20.7 Å². The molecule has 26 heavy (non-hydrogen) atoms. The van der Waals surface area contributed by atoms with Crippen LogP contribution in [0.4, 0.5) is 10.2 Å². The molecule has 4 rings (SSSR count). The number of para-hydroxylation sites is 1. The predicted molar refractivity (Wildman–Crippen MR) is 101 cm³/mol. The Morgan fingerprint density at radius 2 is 2.04 bits per heavy atom. The summed E-state index contributed by atoms with van der Waals surface area (Å²) in [6.45, 7) is 1.80. The number of benzene rings is 2. The molecule has 2 heterocycles. The number of amides is 1. The maximum absolute atomic E-state index is 13.9. The van der Waals surface area contributed by atoms with Gasteiger partial charge in [0.15, 0.2) is 0 Å². The number of hydrogen-bond acceptors (Lipinski definition) is 4. The van der Waals surface area contributed by atoms with Gasteiger partial charge >= 0.3 is 0 Å². The van der Waals surface area contributed by atoms with Crippen LogP contribution in [0.1, 0.15) is 16.1 Å². The van der Waals surface area contributed by atoms with Crippen LogP contribution in [0.25, 0.3) is 15.3 Å². The molecule has 130 valence electrons. The van der Waals surface area contributed by atoms with Gasteiger partial charge in [-0.3, -0.25) is 4.79 Å². The van der Waals surface area contributed by atoms with Gasteiger partial charge < -0.3 is 5.32 Å². The van der Waals surface area contributed by atoms with Crippen LogP contribution in [0.2, 0.25) is 5.02 Å². The van der Waals surface area contributed by atoms with Crippen LogP contribution in [0.5, 0.6) is 0 Å². The fourth-order valence-electron chi connectivity index (χ4n) is 2.56. The first-order chi connectivity index (χ1) is 12.5. The molecule has 4 aromatic rings. The number of carbonyl (C=O) groups is 1. The standard InChI is InChI=1S/C18H12ClFN4OS/c1-10-9-15(21-17(25)11-5-2-3-6-12(11)19)24(23-10)18-22-16-13(20)7-4-8-14(16)26-18/h2-9H,1H3,(H,21,25). The van der Waals surface area contributed by atoms with Crippen molar-refractivity contribution in [3.05, 3.63) is 70.6 Å². The SMILES string of the molecule is Cc1cc(NC(=O)c2ccccc2Cl)n(-c2nc3c(F)cccc3s2)n1. The van der Waals surface area contributed by atoms with Crippen LogP contribution in [-0.2, 0) is 0 Å². The minimum atomic E-state index is -0.393. The van der Waals surface area contributed by atoms with Gasteiger partial charge in [0.25, 0.3) is 5.91 Å². The quantitative estimate of drug-likeness (QED) is 0.548. The van der Waals surface area contributed by atoms with E-state index in [1.165, 1.54) is 22.1 Å². The molecule has 0 aliphatic rings. The molecule has 0 aliphatic carbocycles. The van der Waals surface area contributed by atoms with E-state index in [0.29, 0.717) is 31.9 Å². The van der Waals surface area contributed by atoms with Crippen LogP contribution >= 0.6 is 22.9 Å². The predicted octanol–water partition coefficient (Wildman–Crippen LogP) is 4.84. The average Bonchev–Trinajstić information content (AvgIpc) is 3.19. The lowest BCUT2D eigenvalue weighted by Crippen LogP contribution is -2.15. The molecule has 1 amide bonds. The maximum atomic E-state index is 13.9. The number of nitrogens with one attached hydrogen (secondary N) is 1. The zero-order chi connectivity index (χ0) is 18.3. The molecular formula is C18H12ClFN4OS. The van der Waals surface area contributed by atoms with Crippen molar-refractivity contribution < 1.29 is 9.18 Å². The molecule has 2 aromatic heterocycles. The van der Waals surface area contributed by atoms with Crippen molar-refractivity contribution in [2.45, 2.75) is 6.92 Å². The van der Waals surface area contributed by atoms with Crippen molar-refractivity contribution in [3.8, 4) is 5.13 Å². The fraction of sp³-hybridized carbons (Fsp3) is 0.0556. The van der Waals surface area contributed by atoms with E-state index >= 15 is 0 Å². The second-order valence-corrected chi connectivity index (χ2v) is 7.02. The van der Waals surface area contributed by atoms with Crippen LogP contribution < -0.4 is 5.32 Å². The Balaban J connectivity index is 1.74. The number of nitrogens with zero attached hydrogens (tertiary/aromatic N) is 3. The van der Waals surface area contributed by atoms with E-state index in [1.54, 1.807) is 49.4 Å². The Hall–Kier alpha value is -2.77. The van der Waals surface area contributed by atoms with Gasteiger partial charge in [0.05, 0.1) is 21.0 Å². The lowest BCUT2D eigenvalue weighted by atomic mass is 10.2. The molecule has 0 radical (unpaired) electrons. The van der Waals surface area contributed by atoms with Crippen LogP contribution in [0, 0.1) is 12.7 Å². The Bertz CT molecular complexity index is 1140. The third-order valence-electron chi connectivity index (χ3n) is 3.73. The smallest absolute Gasteiger partial charge is 0.258 e. The van der Waals surface area contributed by atoms with E-state index in [4.69, 9.17) is 11.6 Å². The van der Waals surface area contributed by atoms with E-state index < -0.39 is 5.82 Å². The minimum Gasteiger partial charge on any atom is -0.306 e. The zero-order valence-corrected chi connectivity index (χ0v) is 15.1. The highest BCUT2D eigenvalue weighted by atomic mass is 35.5. The van der Waals surface area contributed by atoms with E-state index in [2.05, 4.69) is 15.4 Å². The van der Waals surface area contributed by atoms with Gasteiger partial charge in [0.2, 0.25) is 5.13 Å². The Morgan fingerprint density at radius 3 is 2.81 bits per heavy atom. The summed E-state index contributed by atoms with van der Waals surface area (Å²) >= 11 is 7.37. The molecule has 1 N–H and O–H groups in total. The molecule has 5 nitrogen and oxygen atoms in total. The first-order valence-corrected chi connectivity index (χ1v) is 8.90. The van der Waals surface area contributed by atoms with Gasteiger partial charge in [-0.05, 0) is 31.2 Å². The van der Waals surface area contributed by atoms with Gasteiger partial charge in [0, 0.05) is 6.07 Å². The Labute approximate surface area is 157 Å². The van der Waals surface area contributed by atoms with E-state index in [1.807, 2.05) is 0 Å². The molecule has 0 saturated heterocycles. The van der Waals surface area contributed by atoms with Gasteiger partial charge in [-0.2, -0.15) is 9.78 Å². The van der Waals surface area contributed by atoms with Crippen molar-refractivity contribution >= 4 is 44.9 Å². The van der Waals surface area contributed by atoms with Crippen LogP contribution in [0.3, 0.4) is 0 Å². The highest BCUT2D eigenvalue weighted by Gasteiger charge is 2.17. The number of anilines is 1. The summed E-state index contributed by atoms with van der Waals surface area (Å²) in [5, 5.41) is 7.99. The lowest BCUT2D eigenvalue weighted by Gasteiger charge is -2.07. The highest BCUT2D eigenvalue weighted by molar-refractivity contribution is 7.20. The first kappa shape index (κ1) is 16.7. The summed E-state index contributed by atoms with van der Waals surface area (Å²) in [4.78, 5) is 16.9. The number of rotatable bonds is 3. The molecule has 0 saturated carbocycles. The van der Waals surface area contributed by atoms with Crippen molar-refractivity contribution in [2.24, 2.45) is 0 Å². The highest BCUT2D eigenvalue weighted by Crippen LogP contribution is 2.29. The molecule has 0 fully saturated rings. The summed E-state index contributed by atoms with van der Waals surface area (Å²) in [5.74, 6) is -0.313. The van der Waals surface area contributed by atoms with Crippen molar-refractivity contribution in [1.29, 1.82) is 0 Å². The molecule has 2 aromatic carbocycles. The van der Waals surface area contributed by atoms with Crippen LogP contribution in [0.15, 0.2) is 48.5 Å². The Kier molecular flexibility index (Phi) is 4.18. The van der Waals surface area contributed by atoms with Gasteiger partial charge in [0.1, 0.15) is 17.2 Å². The third-order valence-corrected chi connectivity index (χ3v) is 5.06. The third kappa shape index (κ3) is 2.95. The molecule has 0 aliphatic heterocycles. The number of halogens is 2. The number of hydrogen-bond donors (Lipinski definition) is 1. The Morgan fingerprint density at radius 1 is 1.23 bits per heavy atom. The summed E-state index contributed by atoms with van der Waals surface area (Å²) in [6, 6.07) is 13.3. The molecule has 0 bridgehead atoms. The van der Waals surface area contributed by atoms with Crippen molar-refractivity contribution in [3.63, 3.8) is 0 Å². The van der Waals surface area contributed by atoms with Gasteiger partial charge in [-0.15, -0.1) is 0 Å². The summed E-state index contributed by atoms with van der Waals surface area (Å²) < 4.78 is 16.1. The molecule has 0 atom stereocenters. The largest absolute Gasteiger partial charge is 0.306 e. The molecule has 0 unspecified atom stereocenters. The van der Waals surface area contributed by atoms with Gasteiger partial charge in [-0.1, -0.05) is 41.1 Å². The van der Waals surface area contributed by atoms with Crippen molar-refractivity contribution in [1.82, 2.24) is 14.8 Å². The number of fused-ring (bicyclic) bond motifs is 1. The summed E-state index contributed by atoms with van der Waals surface area (Å²) in [6.07, 6.45) is 0. The fourth-order valence-corrected chi connectivity index (χ4v) is 3.72. The minimum absolute atomic E-state index is 0.282. The van der Waals surface area contributed by atoms with E-state index in [-0.39, 0.29) is 11.4 Å². The number of aryl methyl sites for hydroxylation is 1. The first-order valence-electron chi connectivity index (χ1n) is 7.71. The van der Waals surface area contributed by atoms with E-state index in [9.17, 15) is 9.18 Å². The second kappa shape index (κ2) is 6.51. The number of thiazole rings is 1. The molecule has 0 spiro atoms. The number of carbonyl (C=O) groups excluding carboxylic acids is 1. The summed E-state index contributed by atoms with van der Waals surface area (Å²) in [7, 11) is 0. The van der Waals surface area contributed by atoms with E-state index in [0.717, 1.165) is 0 Å². The number of aromatic nitrogens is 3. The van der Waals surface area contributed by atoms with Gasteiger partial charge in [-0.25, -0.2) is 9.37 Å².